The highest BCUT2D eigenvalue weighted by Crippen LogP contribution is 2.28. The number of rotatable bonds is 4. The molecule has 0 fully saturated rings. The Balaban J connectivity index is 2.33. The van der Waals surface area contributed by atoms with Crippen molar-refractivity contribution < 1.29 is 32.3 Å². The fourth-order valence-electron chi connectivity index (χ4n) is 2.70. The molecule has 3 rings (SSSR count). The van der Waals surface area contributed by atoms with Crippen molar-refractivity contribution in [2.24, 2.45) is 4.99 Å². The van der Waals surface area contributed by atoms with E-state index in [1.807, 2.05) is 0 Å². The lowest BCUT2D eigenvalue weighted by Gasteiger charge is -2.13. The van der Waals surface area contributed by atoms with Crippen LogP contribution in [0.25, 0.3) is 10.2 Å². The summed E-state index contributed by atoms with van der Waals surface area (Å²) in [6.07, 6.45) is 0.00310. The molecule has 1 heterocycles. The van der Waals surface area contributed by atoms with Crippen molar-refractivity contribution in [3.8, 4) is 0 Å². The minimum Gasteiger partial charge on any atom is -0.480 e. The summed E-state index contributed by atoms with van der Waals surface area (Å²) in [5.41, 5.74) is -0.369. The molecule has 28 heavy (non-hydrogen) atoms. The summed E-state index contributed by atoms with van der Waals surface area (Å²) < 4.78 is 55.4. The van der Waals surface area contributed by atoms with Crippen LogP contribution in [0.5, 0.6) is 0 Å². The van der Waals surface area contributed by atoms with Crippen LogP contribution in [0.3, 0.4) is 0 Å². The quantitative estimate of drug-likeness (QED) is 0.519. The van der Waals surface area contributed by atoms with E-state index in [9.17, 15) is 32.3 Å². The van der Waals surface area contributed by atoms with Gasteiger partial charge in [0.05, 0.1) is 10.2 Å². The Morgan fingerprint density at radius 2 is 1.89 bits per heavy atom. The molecule has 0 spiro atoms. The number of aliphatic carboxylic acids is 1. The number of halogens is 4. The molecule has 0 aliphatic rings. The summed E-state index contributed by atoms with van der Waals surface area (Å²) in [5.74, 6) is -7.65. The number of hydrogen-bond donors (Lipinski definition) is 1. The molecule has 1 atom stereocenters. The molecular formula is C18H12F4N2O3S. The van der Waals surface area contributed by atoms with Gasteiger partial charge in [-0.3, -0.25) is 4.79 Å². The number of benzene rings is 2. The van der Waals surface area contributed by atoms with E-state index >= 15 is 0 Å². The second-order valence-electron chi connectivity index (χ2n) is 5.78. The third-order valence-electron chi connectivity index (χ3n) is 4.01. The highest BCUT2D eigenvalue weighted by molar-refractivity contribution is 7.16. The van der Waals surface area contributed by atoms with E-state index in [1.165, 1.54) is 19.1 Å². The first-order valence-electron chi connectivity index (χ1n) is 8.00. The zero-order valence-electron chi connectivity index (χ0n) is 14.2. The van der Waals surface area contributed by atoms with Gasteiger partial charge in [0.1, 0.15) is 11.9 Å². The van der Waals surface area contributed by atoms with E-state index in [0.717, 1.165) is 16.7 Å². The van der Waals surface area contributed by atoms with Crippen LogP contribution in [0.4, 0.5) is 17.6 Å². The zero-order valence-corrected chi connectivity index (χ0v) is 15.1. The maximum absolute atomic E-state index is 14.2. The number of carbonyl (C=O) groups excluding carboxylic acids is 1. The summed E-state index contributed by atoms with van der Waals surface area (Å²) in [6, 6.07) is 3.97. The lowest BCUT2D eigenvalue weighted by atomic mass is 10.2. The van der Waals surface area contributed by atoms with Gasteiger partial charge in [-0.25, -0.2) is 22.4 Å². The molecule has 2 aromatic carbocycles. The molecule has 0 radical (unpaired) electrons. The second-order valence-corrected chi connectivity index (χ2v) is 6.76. The lowest BCUT2D eigenvalue weighted by Crippen LogP contribution is -2.27. The van der Waals surface area contributed by atoms with E-state index in [-0.39, 0.29) is 27.0 Å². The minimum atomic E-state index is -1.72. The third-order valence-corrected chi connectivity index (χ3v) is 5.07. The Bertz CT molecular complexity index is 1170. The van der Waals surface area contributed by atoms with Crippen LogP contribution in [0.2, 0.25) is 0 Å². The van der Waals surface area contributed by atoms with Crippen LogP contribution in [-0.4, -0.2) is 21.6 Å². The van der Waals surface area contributed by atoms with Crippen molar-refractivity contribution in [1.82, 2.24) is 4.57 Å². The van der Waals surface area contributed by atoms with Gasteiger partial charge in [-0.1, -0.05) is 24.3 Å². The monoisotopic (exact) mass is 412 g/mol. The van der Waals surface area contributed by atoms with Gasteiger partial charge in [0.15, 0.2) is 22.3 Å². The van der Waals surface area contributed by atoms with E-state index < -0.39 is 41.2 Å². The van der Waals surface area contributed by atoms with Gasteiger partial charge in [-0.05, 0) is 24.6 Å². The molecule has 1 amide bonds. The van der Waals surface area contributed by atoms with Crippen molar-refractivity contribution in [2.75, 3.05) is 0 Å². The van der Waals surface area contributed by atoms with Gasteiger partial charge in [0, 0.05) is 11.6 Å². The number of carbonyl (C=O) groups is 2. The topological polar surface area (TPSA) is 71.7 Å². The van der Waals surface area contributed by atoms with Gasteiger partial charge < -0.3 is 9.67 Å². The SMILES string of the molecule is CCC(C(=O)O)n1/c(=N/C(=O)c2cccc(F)c2)sc2c(F)c(F)c(F)cc21. The molecule has 0 saturated carbocycles. The van der Waals surface area contributed by atoms with Crippen LogP contribution < -0.4 is 4.80 Å². The highest BCUT2D eigenvalue weighted by Gasteiger charge is 2.26. The maximum Gasteiger partial charge on any atom is 0.326 e. The van der Waals surface area contributed by atoms with E-state index in [4.69, 9.17) is 0 Å². The number of aromatic nitrogens is 1. The van der Waals surface area contributed by atoms with Crippen LogP contribution in [0.1, 0.15) is 29.7 Å². The number of nitrogens with zero attached hydrogens (tertiary/aromatic N) is 2. The fourth-order valence-corrected chi connectivity index (χ4v) is 3.78. The summed E-state index contributed by atoms with van der Waals surface area (Å²) in [6.45, 7) is 1.52. The minimum absolute atomic E-state index is 0.00310. The van der Waals surface area contributed by atoms with Crippen LogP contribution in [0.15, 0.2) is 35.3 Å². The van der Waals surface area contributed by atoms with Crippen LogP contribution in [0, 0.1) is 23.3 Å². The Morgan fingerprint density at radius 3 is 2.50 bits per heavy atom. The third kappa shape index (κ3) is 3.42. The summed E-state index contributed by atoms with van der Waals surface area (Å²) in [7, 11) is 0. The molecular weight excluding hydrogens is 400 g/mol. The highest BCUT2D eigenvalue weighted by atomic mass is 32.1. The molecule has 0 aliphatic carbocycles. The van der Waals surface area contributed by atoms with Crippen molar-refractivity contribution >= 4 is 33.4 Å². The van der Waals surface area contributed by atoms with Gasteiger partial charge in [0.2, 0.25) is 0 Å². The average molecular weight is 412 g/mol. The molecule has 146 valence electrons. The predicted octanol–water partition coefficient (Wildman–Crippen LogP) is 4.04. The number of carboxylic acid groups (broad SMARTS) is 1. The fraction of sp³-hybridized carbons (Fsp3) is 0.167. The zero-order chi connectivity index (χ0) is 20.6. The Hall–Kier alpha value is -3.01. The number of thiazole rings is 1. The number of hydrogen-bond acceptors (Lipinski definition) is 3. The smallest absolute Gasteiger partial charge is 0.326 e. The second kappa shape index (κ2) is 7.55. The van der Waals surface area contributed by atoms with E-state index in [0.29, 0.717) is 17.4 Å². The van der Waals surface area contributed by atoms with Gasteiger partial charge in [-0.2, -0.15) is 4.99 Å². The molecule has 3 aromatic rings. The summed E-state index contributed by atoms with van der Waals surface area (Å²) in [5, 5.41) is 9.46. The van der Waals surface area contributed by atoms with Crippen molar-refractivity contribution in [2.45, 2.75) is 19.4 Å². The van der Waals surface area contributed by atoms with Crippen LogP contribution in [-0.2, 0) is 4.79 Å². The lowest BCUT2D eigenvalue weighted by molar-refractivity contribution is -0.140. The van der Waals surface area contributed by atoms with Crippen molar-refractivity contribution in [1.29, 1.82) is 0 Å². The molecule has 1 aromatic heterocycles. The molecule has 5 nitrogen and oxygen atoms in total. The largest absolute Gasteiger partial charge is 0.480 e. The maximum atomic E-state index is 14.2. The first kappa shape index (κ1) is 19.7. The average Bonchev–Trinajstić information content (AvgIpc) is 2.98. The van der Waals surface area contributed by atoms with Gasteiger partial charge >= 0.3 is 5.97 Å². The summed E-state index contributed by atoms with van der Waals surface area (Å²) in [4.78, 5) is 27.5. The number of carboxylic acids is 1. The molecule has 0 aliphatic heterocycles. The Morgan fingerprint density at radius 1 is 1.18 bits per heavy atom. The normalized spacial score (nSPS) is 13.1. The molecule has 10 heteroatoms. The van der Waals surface area contributed by atoms with Crippen LogP contribution >= 0.6 is 11.3 Å². The van der Waals surface area contributed by atoms with E-state index in [2.05, 4.69) is 4.99 Å². The predicted molar refractivity (Wildman–Crippen MR) is 92.9 cm³/mol. The Kier molecular flexibility index (Phi) is 5.32. The van der Waals surface area contributed by atoms with Crippen molar-refractivity contribution in [3.63, 3.8) is 0 Å². The van der Waals surface area contributed by atoms with Gasteiger partial charge in [-0.15, -0.1) is 0 Å². The Labute approximate surface area is 159 Å². The number of amides is 1. The van der Waals surface area contributed by atoms with E-state index in [1.54, 1.807) is 0 Å². The standard InChI is InChI=1S/C18H12F4N2O3S/c1-2-11(17(26)27)24-12-7-10(20)13(21)14(22)15(12)28-18(24)23-16(25)8-4-3-5-9(19)6-8/h3-7,11H,2H2,1H3,(H,26,27)/b23-18-. The first-order valence-corrected chi connectivity index (χ1v) is 8.82. The molecule has 0 saturated heterocycles. The molecule has 1 N–H and O–H groups in total. The molecule has 0 bridgehead atoms. The van der Waals surface area contributed by atoms with Gasteiger partial charge in [0.25, 0.3) is 5.91 Å². The van der Waals surface area contributed by atoms with Crippen molar-refractivity contribution in [3.05, 3.63) is 64.0 Å². The number of fused-ring (bicyclic) bond motifs is 1. The summed E-state index contributed by atoms with van der Waals surface area (Å²) >= 11 is 0.498. The molecule has 1 unspecified atom stereocenters. The first-order chi connectivity index (χ1) is 13.2.